The number of hydrogen-bond donors (Lipinski definition) is 2. The molecule has 0 radical (unpaired) electrons. The predicted octanol–water partition coefficient (Wildman–Crippen LogP) is 0.235. The standard InChI is InChI=1S/C10H11N3O3/c1-3-7(16-2)4-12-9-6-11-8(5-13-9)10(14)15/h1,5-7H,4H2,2H3,(H,12,13)(H,14,15). The number of terminal acetylenes is 1. The number of aromatic carboxylic acids is 1. The van der Waals surface area contributed by atoms with Gasteiger partial charge in [-0.25, -0.2) is 14.8 Å². The Bertz CT molecular complexity index is 397. The van der Waals surface area contributed by atoms with E-state index in [1.165, 1.54) is 19.5 Å². The van der Waals surface area contributed by atoms with E-state index >= 15 is 0 Å². The fraction of sp³-hybridized carbons (Fsp3) is 0.300. The van der Waals surface area contributed by atoms with E-state index in [0.717, 1.165) is 0 Å². The Hall–Kier alpha value is -2.13. The van der Waals surface area contributed by atoms with Gasteiger partial charge in [-0.2, -0.15) is 0 Å². The van der Waals surface area contributed by atoms with Gasteiger partial charge in [-0.1, -0.05) is 5.92 Å². The van der Waals surface area contributed by atoms with Gasteiger partial charge >= 0.3 is 5.97 Å². The molecule has 0 bridgehead atoms. The molecule has 2 N–H and O–H groups in total. The van der Waals surface area contributed by atoms with Crippen LogP contribution in [0.4, 0.5) is 5.82 Å². The Morgan fingerprint density at radius 3 is 2.88 bits per heavy atom. The molecular weight excluding hydrogens is 210 g/mol. The summed E-state index contributed by atoms with van der Waals surface area (Å²) in [5.74, 6) is 1.76. The molecule has 16 heavy (non-hydrogen) atoms. The highest BCUT2D eigenvalue weighted by molar-refractivity contribution is 5.84. The van der Waals surface area contributed by atoms with Crippen LogP contribution in [0.3, 0.4) is 0 Å². The van der Waals surface area contributed by atoms with Crippen LogP contribution < -0.4 is 5.32 Å². The van der Waals surface area contributed by atoms with E-state index in [9.17, 15) is 4.79 Å². The van der Waals surface area contributed by atoms with Gasteiger partial charge < -0.3 is 15.2 Å². The molecular formula is C10H11N3O3. The van der Waals surface area contributed by atoms with Crippen molar-refractivity contribution in [2.24, 2.45) is 0 Å². The van der Waals surface area contributed by atoms with Gasteiger partial charge in [0.05, 0.1) is 18.9 Å². The van der Waals surface area contributed by atoms with Crippen molar-refractivity contribution >= 4 is 11.8 Å². The molecule has 1 heterocycles. The number of carbonyl (C=O) groups is 1. The summed E-state index contributed by atoms with van der Waals surface area (Å²) in [6.07, 6.45) is 7.32. The summed E-state index contributed by atoms with van der Waals surface area (Å²) >= 11 is 0. The zero-order chi connectivity index (χ0) is 12.0. The van der Waals surface area contributed by atoms with E-state index in [1.807, 2.05) is 0 Å². The molecule has 6 heteroatoms. The van der Waals surface area contributed by atoms with Crippen molar-refractivity contribution in [1.29, 1.82) is 0 Å². The van der Waals surface area contributed by atoms with Gasteiger partial charge in [0.1, 0.15) is 11.9 Å². The smallest absolute Gasteiger partial charge is 0.356 e. The van der Waals surface area contributed by atoms with Gasteiger partial charge in [-0.05, 0) is 0 Å². The number of hydrogen-bond acceptors (Lipinski definition) is 5. The van der Waals surface area contributed by atoms with E-state index < -0.39 is 5.97 Å². The highest BCUT2D eigenvalue weighted by Crippen LogP contribution is 2.01. The van der Waals surface area contributed by atoms with Gasteiger partial charge in [-0.3, -0.25) is 0 Å². The maximum absolute atomic E-state index is 10.5. The number of ether oxygens (including phenoxy) is 1. The molecule has 1 unspecified atom stereocenters. The third-order valence-corrected chi connectivity index (χ3v) is 1.81. The average molecular weight is 221 g/mol. The zero-order valence-corrected chi connectivity index (χ0v) is 8.67. The lowest BCUT2D eigenvalue weighted by Gasteiger charge is -2.09. The van der Waals surface area contributed by atoms with Gasteiger partial charge in [0.25, 0.3) is 0 Å². The minimum Gasteiger partial charge on any atom is -0.476 e. The molecule has 1 atom stereocenters. The molecule has 0 saturated heterocycles. The molecule has 6 nitrogen and oxygen atoms in total. The average Bonchev–Trinajstić information content (AvgIpc) is 2.31. The van der Waals surface area contributed by atoms with Crippen molar-refractivity contribution in [2.75, 3.05) is 19.0 Å². The predicted molar refractivity (Wildman–Crippen MR) is 57.1 cm³/mol. The molecule has 0 aliphatic rings. The van der Waals surface area contributed by atoms with E-state index in [2.05, 4.69) is 21.2 Å². The van der Waals surface area contributed by atoms with Crippen LogP contribution in [-0.2, 0) is 4.74 Å². The number of rotatable bonds is 5. The minimum absolute atomic E-state index is 0.106. The first-order valence-electron chi connectivity index (χ1n) is 4.45. The van der Waals surface area contributed by atoms with Gasteiger partial charge in [0.15, 0.2) is 5.69 Å². The van der Waals surface area contributed by atoms with E-state index in [0.29, 0.717) is 12.4 Å². The van der Waals surface area contributed by atoms with Crippen LogP contribution in [0.15, 0.2) is 12.4 Å². The summed E-state index contributed by atoms with van der Waals surface area (Å²) < 4.78 is 4.94. The minimum atomic E-state index is -1.11. The van der Waals surface area contributed by atoms with Crippen LogP contribution in [0, 0.1) is 12.3 Å². The summed E-state index contributed by atoms with van der Waals surface area (Å²) in [5, 5.41) is 11.5. The van der Waals surface area contributed by atoms with Gasteiger partial charge in [0.2, 0.25) is 0 Å². The first-order chi connectivity index (χ1) is 7.67. The summed E-state index contributed by atoms with van der Waals surface area (Å²) in [7, 11) is 1.51. The second-order valence-corrected chi connectivity index (χ2v) is 2.86. The first-order valence-corrected chi connectivity index (χ1v) is 4.45. The zero-order valence-electron chi connectivity index (χ0n) is 8.67. The number of carboxylic acid groups (broad SMARTS) is 1. The van der Waals surface area contributed by atoms with Crippen molar-refractivity contribution < 1.29 is 14.6 Å². The number of nitrogens with one attached hydrogen (secondary N) is 1. The molecule has 0 saturated carbocycles. The second-order valence-electron chi connectivity index (χ2n) is 2.86. The molecule has 0 amide bonds. The number of anilines is 1. The maximum atomic E-state index is 10.5. The van der Waals surface area contributed by atoms with E-state index in [1.54, 1.807) is 0 Å². The van der Waals surface area contributed by atoms with Crippen molar-refractivity contribution in [3.8, 4) is 12.3 Å². The van der Waals surface area contributed by atoms with Crippen molar-refractivity contribution in [3.63, 3.8) is 0 Å². The van der Waals surface area contributed by atoms with E-state index in [-0.39, 0.29) is 11.8 Å². The quantitative estimate of drug-likeness (QED) is 0.692. The Balaban J connectivity index is 2.56. The Morgan fingerprint density at radius 2 is 2.44 bits per heavy atom. The lowest BCUT2D eigenvalue weighted by atomic mass is 10.3. The van der Waals surface area contributed by atoms with Gasteiger partial charge in [0, 0.05) is 7.11 Å². The second kappa shape index (κ2) is 5.68. The van der Waals surface area contributed by atoms with Crippen LogP contribution in [0.2, 0.25) is 0 Å². The fourth-order valence-corrected chi connectivity index (χ4v) is 0.937. The molecule has 0 aliphatic carbocycles. The SMILES string of the molecule is C#CC(CNc1cnc(C(=O)O)cn1)OC. The highest BCUT2D eigenvalue weighted by Gasteiger charge is 2.06. The Kier molecular flexibility index (Phi) is 4.24. The normalized spacial score (nSPS) is 11.5. The van der Waals surface area contributed by atoms with Gasteiger partial charge in [-0.15, -0.1) is 6.42 Å². The maximum Gasteiger partial charge on any atom is 0.356 e. The van der Waals surface area contributed by atoms with Crippen LogP contribution in [0.1, 0.15) is 10.5 Å². The lowest BCUT2D eigenvalue weighted by Crippen LogP contribution is -2.20. The lowest BCUT2D eigenvalue weighted by molar-refractivity contribution is 0.0690. The largest absolute Gasteiger partial charge is 0.476 e. The first kappa shape index (κ1) is 11.9. The Labute approximate surface area is 92.7 Å². The van der Waals surface area contributed by atoms with E-state index in [4.69, 9.17) is 16.3 Å². The number of aromatic nitrogens is 2. The number of nitrogens with zero attached hydrogens (tertiary/aromatic N) is 2. The van der Waals surface area contributed by atoms with Crippen molar-refractivity contribution in [1.82, 2.24) is 9.97 Å². The molecule has 0 aromatic carbocycles. The topological polar surface area (TPSA) is 84.3 Å². The van der Waals surface area contributed by atoms with Crippen LogP contribution in [-0.4, -0.2) is 40.8 Å². The molecule has 84 valence electrons. The molecule has 0 spiro atoms. The van der Waals surface area contributed by atoms with Crippen LogP contribution in [0.25, 0.3) is 0 Å². The van der Waals surface area contributed by atoms with Crippen LogP contribution >= 0.6 is 0 Å². The fourth-order valence-electron chi connectivity index (χ4n) is 0.937. The molecule has 1 aromatic heterocycles. The number of methoxy groups -OCH3 is 1. The summed E-state index contributed by atoms with van der Waals surface area (Å²) in [6, 6.07) is 0. The highest BCUT2D eigenvalue weighted by atomic mass is 16.5. The Morgan fingerprint density at radius 1 is 1.69 bits per heavy atom. The molecule has 1 aromatic rings. The summed E-state index contributed by atoms with van der Waals surface area (Å²) in [4.78, 5) is 18.1. The molecule has 0 fully saturated rings. The molecule has 0 aliphatic heterocycles. The van der Waals surface area contributed by atoms with Crippen molar-refractivity contribution in [2.45, 2.75) is 6.10 Å². The molecule has 1 rings (SSSR count). The monoisotopic (exact) mass is 221 g/mol. The number of carboxylic acids is 1. The third kappa shape index (κ3) is 3.22. The van der Waals surface area contributed by atoms with Crippen molar-refractivity contribution in [3.05, 3.63) is 18.1 Å². The van der Waals surface area contributed by atoms with Crippen LogP contribution in [0.5, 0.6) is 0 Å². The summed E-state index contributed by atoms with van der Waals surface area (Å²) in [6.45, 7) is 0.383. The summed E-state index contributed by atoms with van der Waals surface area (Å²) in [5.41, 5.74) is -0.106. The third-order valence-electron chi connectivity index (χ3n) is 1.81.